The zero-order valence-corrected chi connectivity index (χ0v) is 13.7. The number of hydrogen-bond acceptors (Lipinski definition) is 1. The van der Waals surface area contributed by atoms with Crippen molar-refractivity contribution in [3.05, 3.63) is 60.7 Å². The van der Waals surface area contributed by atoms with E-state index in [1.165, 1.54) is 18.3 Å². The van der Waals surface area contributed by atoms with Gasteiger partial charge < -0.3 is 4.74 Å². The van der Waals surface area contributed by atoms with Gasteiger partial charge in [-0.15, -0.1) is 0 Å². The Bertz CT molecular complexity index is 506. The molecule has 0 aromatic heterocycles. The van der Waals surface area contributed by atoms with Gasteiger partial charge in [-0.2, -0.15) is 0 Å². The first-order valence-electron chi connectivity index (χ1n) is 5.28. The summed E-state index contributed by atoms with van der Waals surface area (Å²) in [6.45, 7) is 2.70. The molecule has 0 spiro atoms. The van der Waals surface area contributed by atoms with Crippen LogP contribution in [0, 0.1) is 14.1 Å². The van der Waals surface area contributed by atoms with E-state index in [0.29, 0.717) is 6.61 Å². The first-order valence-corrected chi connectivity index (χ1v) is 7.44. The van der Waals surface area contributed by atoms with E-state index in [-0.39, 0.29) is 0 Å². The van der Waals surface area contributed by atoms with Crippen LogP contribution in [0.1, 0.15) is 11.1 Å². The Morgan fingerprint density at radius 2 is 1.59 bits per heavy atom. The van der Waals surface area contributed by atoms with Gasteiger partial charge in [-0.25, -0.2) is 0 Å². The van der Waals surface area contributed by atoms with Crippen LogP contribution in [0.25, 0.3) is 0 Å². The minimum atomic E-state index is 0.623. The van der Waals surface area contributed by atoms with Crippen LogP contribution in [-0.4, -0.2) is 0 Å². The van der Waals surface area contributed by atoms with Gasteiger partial charge in [-0.1, -0.05) is 12.1 Å². The molecule has 0 saturated heterocycles. The van der Waals surface area contributed by atoms with Crippen molar-refractivity contribution in [1.82, 2.24) is 0 Å². The second kappa shape index (κ2) is 6.04. The van der Waals surface area contributed by atoms with Crippen LogP contribution in [0.2, 0.25) is 0 Å². The van der Waals surface area contributed by atoms with Crippen LogP contribution in [-0.2, 0) is 6.61 Å². The van der Waals surface area contributed by atoms with E-state index in [4.69, 9.17) is 4.74 Å². The first-order chi connectivity index (χ1) is 8.15. The number of ether oxygens (including phenoxy) is 1. The lowest BCUT2D eigenvalue weighted by atomic mass is 10.2. The van der Waals surface area contributed by atoms with Crippen molar-refractivity contribution in [3.8, 4) is 5.75 Å². The van der Waals surface area contributed by atoms with Gasteiger partial charge in [0.15, 0.2) is 0 Å². The van der Waals surface area contributed by atoms with Crippen LogP contribution in [0.3, 0.4) is 0 Å². The number of rotatable bonds is 3. The minimum absolute atomic E-state index is 0.623. The summed E-state index contributed by atoms with van der Waals surface area (Å²) < 4.78 is 8.30. The molecule has 2 aromatic carbocycles. The lowest BCUT2D eigenvalue weighted by molar-refractivity contribution is 0.304. The zero-order valence-electron chi connectivity index (χ0n) is 9.41. The van der Waals surface area contributed by atoms with Gasteiger partial charge in [-0.05, 0) is 93.6 Å². The molecule has 0 bridgehead atoms. The summed E-state index contributed by atoms with van der Waals surface area (Å²) in [5, 5.41) is 0. The highest BCUT2D eigenvalue weighted by Gasteiger charge is 2.00. The second-order valence-corrected chi connectivity index (χ2v) is 6.32. The molecule has 0 N–H and O–H groups in total. The standard InChI is InChI=1S/C14H12I2O/c1-10-8-13(16)6-7-14(10)17-9-11-2-4-12(15)5-3-11/h2-8H,9H2,1H3. The lowest BCUT2D eigenvalue weighted by Crippen LogP contribution is -1.97. The van der Waals surface area contributed by atoms with Gasteiger partial charge >= 0.3 is 0 Å². The summed E-state index contributed by atoms with van der Waals surface area (Å²) in [5.41, 5.74) is 2.38. The molecule has 3 heteroatoms. The number of aryl methyl sites for hydroxylation is 1. The molecule has 0 amide bonds. The van der Waals surface area contributed by atoms with Crippen molar-refractivity contribution in [1.29, 1.82) is 0 Å². The smallest absolute Gasteiger partial charge is 0.122 e. The van der Waals surface area contributed by atoms with Gasteiger partial charge in [0.25, 0.3) is 0 Å². The minimum Gasteiger partial charge on any atom is -0.489 e. The van der Waals surface area contributed by atoms with Gasteiger partial charge in [0.1, 0.15) is 12.4 Å². The Morgan fingerprint density at radius 3 is 2.24 bits per heavy atom. The Balaban J connectivity index is 2.04. The van der Waals surface area contributed by atoms with Crippen molar-refractivity contribution in [3.63, 3.8) is 0 Å². The summed E-state index contributed by atoms with van der Waals surface area (Å²) in [6, 6.07) is 14.6. The topological polar surface area (TPSA) is 9.23 Å². The molecular formula is C14H12I2O. The van der Waals surface area contributed by atoms with Crippen molar-refractivity contribution in [2.75, 3.05) is 0 Å². The van der Waals surface area contributed by atoms with Crippen molar-refractivity contribution in [2.24, 2.45) is 0 Å². The number of hydrogen-bond donors (Lipinski definition) is 0. The lowest BCUT2D eigenvalue weighted by Gasteiger charge is -2.09. The number of halogens is 2. The van der Waals surface area contributed by atoms with E-state index < -0.39 is 0 Å². The molecule has 0 unspecified atom stereocenters. The summed E-state index contributed by atoms with van der Waals surface area (Å²) in [7, 11) is 0. The molecule has 0 radical (unpaired) electrons. The van der Waals surface area contributed by atoms with E-state index in [9.17, 15) is 0 Å². The largest absolute Gasteiger partial charge is 0.489 e. The van der Waals surface area contributed by atoms with Gasteiger partial charge in [-0.3, -0.25) is 0 Å². The van der Waals surface area contributed by atoms with Crippen LogP contribution in [0.5, 0.6) is 5.75 Å². The van der Waals surface area contributed by atoms with E-state index in [0.717, 1.165) is 5.75 Å². The van der Waals surface area contributed by atoms with Gasteiger partial charge in [0.2, 0.25) is 0 Å². The highest BCUT2D eigenvalue weighted by molar-refractivity contribution is 14.1. The summed E-state index contributed by atoms with van der Waals surface area (Å²) in [4.78, 5) is 0. The maximum absolute atomic E-state index is 5.81. The Kier molecular flexibility index (Phi) is 4.67. The molecular weight excluding hydrogens is 438 g/mol. The Morgan fingerprint density at radius 1 is 0.941 bits per heavy atom. The van der Waals surface area contributed by atoms with E-state index in [2.05, 4.69) is 88.5 Å². The predicted molar refractivity (Wildman–Crippen MR) is 87.4 cm³/mol. The highest BCUT2D eigenvalue weighted by atomic mass is 127. The maximum Gasteiger partial charge on any atom is 0.122 e. The molecule has 0 aliphatic carbocycles. The molecule has 0 heterocycles. The molecule has 0 aliphatic rings. The van der Waals surface area contributed by atoms with E-state index in [1.807, 2.05) is 6.07 Å². The van der Waals surface area contributed by atoms with E-state index >= 15 is 0 Å². The molecule has 88 valence electrons. The molecule has 17 heavy (non-hydrogen) atoms. The molecule has 2 aromatic rings. The van der Waals surface area contributed by atoms with Gasteiger partial charge in [0.05, 0.1) is 0 Å². The fraction of sp³-hybridized carbons (Fsp3) is 0.143. The van der Waals surface area contributed by atoms with Crippen molar-refractivity contribution in [2.45, 2.75) is 13.5 Å². The van der Waals surface area contributed by atoms with Crippen molar-refractivity contribution < 1.29 is 4.74 Å². The predicted octanol–water partition coefficient (Wildman–Crippen LogP) is 4.78. The Hall–Kier alpha value is -0.300. The van der Waals surface area contributed by atoms with Crippen LogP contribution >= 0.6 is 45.2 Å². The van der Waals surface area contributed by atoms with Crippen molar-refractivity contribution >= 4 is 45.2 Å². The average Bonchev–Trinajstić information content (AvgIpc) is 2.30. The second-order valence-electron chi connectivity index (χ2n) is 3.82. The highest BCUT2D eigenvalue weighted by Crippen LogP contribution is 2.21. The maximum atomic E-state index is 5.81. The quantitative estimate of drug-likeness (QED) is 0.612. The van der Waals surface area contributed by atoms with E-state index in [1.54, 1.807) is 0 Å². The summed E-state index contributed by atoms with van der Waals surface area (Å²) in [5.74, 6) is 0.962. The number of benzene rings is 2. The molecule has 0 aliphatic heterocycles. The fourth-order valence-corrected chi connectivity index (χ4v) is 2.52. The summed E-state index contributed by atoms with van der Waals surface area (Å²) >= 11 is 4.61. The summed E-state index contributed by atoms with van der Waals surface area (Å²) in [6.07, 6.45) is 0. The van der Waals surface area contributed by atoms with Crippen LogP contribution in [0.4, 0.5) is 0 Å². The fourth-order valence-electron chi connectivity index (χ4n) is 1.52. The third-order valence-electron chi connectivity index (χ3n) is 2.44. The Labute approximate surface area is 129 Å². The van der Waals surface area contributed by atoms with Crippen LogP contribution in [0.15, 0.2) is 42.5 Å². The monoisotopic (exact) mass is 450 g/mol. The molecule has 0 saturated carbocycles. The molecule has 0 atom stereocenters. The zero-order chi connectivity index (χ0) is 12.3. The molecule has 0 fully saturated rings. The average molecular weight is 450 g/mol. The third-order valence-corrected chi connectivity index (χ3v) is 3.83. The van der Waals surface area contributed by atoms with Gasteiger partial charge in [0, 0.05) is 7.14 Å². The third kappa shape index (κ3) is 3.84. The molecule has 1 nitrogen and oxygen atoms in total. The molecule has 2 rings (SSSR count). The first kappa shape index (κ1) is 13.1. The SMILES string of the molecule is Cc1cc(I)ccc1OCc1ccc(I)cc1. The van der Waals surface area contributed by atoms with Crippen LogP contribution < -0.4 is 4.74 Å². The normalized spacial score (nSPS) is 10.3.